The van der Waals surface area contributed by atoms with Gasteiger partial charge in [0.05, 0.1) is 26.1 Å². The van der Waals surface area contributed by atoms with Crippen molar-refractivity contribution in [2.45, 2.75) is 32.6 Å². The molecule has 0 bridgehead atoms. The largest absolute Gasteiger partial charge is 0.494 e. The van der Waals surface area contributed by atoms with Gasteiger partial charge in [-0.25, -0.2) is 0 Å². The number of esters is 1. The minimum Gasteiger partial charge on any atom is -0.494 e. The average Bonchev–Trinajstić information content (AvgIpc) is 2.48. The molecule has 0 amide bonds. The molecule has 0 N–H and O–H groups in total. The molecule has 1 aromatic carbocycles. The van der Waals surface area contributed by atoms with Crippen molar-refractivity contribution in [3.05, 3.63) is 29.8 Å². The normalized spacial score (nSPS) is 11.2. The molecule has 0 aliphatic rings. The molecule has 0 aliphatic heterocycles. The monoisotopic (exact) mass is 344 g/mol. The highest BCUT2D eigenvalue weighted by molar-refractivity contribution is 7.85. The Hall–Kier alpha value is -1.60. The number of rotatable bonds is 11. The van der Waals surface area contributed by atoms with Gasteiger partial charge in [0.1, 0.15) is 5.75 Å². The van der Waals surface area contributed by atoms with Crippen LogP contribution in [0.5, 0.6) is 5.75 Å². The summed E-state index contributed by atoms with van der Waals surface area (Å²) in [7, 11) is -3.38. The fraction of sp³-hybridized carbons (Fsp3) is 0.562. The van der Waals surface area contributed by atoms with Crippen LogP contribution < -0.4 is 4.74 Å². The number of carbonyl (C=O) groups excluding carboxylic acids is 1. The Morgan fingerprint density at radius 2 is 1.96 bits per heavy atom. The lowest BCUT2D eigenvalue weighted by Crippen LogP contribution is -2.07. The van der Waals surface area contributed by atoms with E-state index in [0.29, 0.717) is 38.9 Å². The van der Waals surface area contributed by atoms with Crippen LogP contribution >= 0.6 is 0 Å². The van der Waals surface area contributed by atoms with Gasteiger partial charge in [-0.2, -0.15) is 8.42 Å². The standard InChI is InChI=1S/C16H24O6S/c1-3-20-16(17)10-6-11-21-15-9-4-7-14(13-15)8-5-12-22-23(2,18)19/h4,7,9,13H,3,5-6,8,10-12H2,1-2H3. The van der Waals surface area contributed by atoms with Gasteiger partial charge in [0.2, 0.25) is 0 Å². The second-order valence-electron chi connectivity index (χ2n) is 5.03. The first kappa shape index (κ1) is 19.4. The minimum absolute atomic E-state index is 0.170. The van der Waals surface area contributed by atoms with Crippen LogP contribution in [0.4, 0.5) is 0 Å². The third kappa shape index (κ3) is 9.91. The summed E-state index contributed by atoms with van der Waals surface area (Å²) in [5, 5.41) is 0. The molecule has 1 aromatic rings. The van der Waals surface area contributed by atoms with Gasteiger partial charge in [0.15, 0.2) is 0 Å². The average molecular weight is 344 g/mol. The van der Waals surface area contributed by atoms with E-state index in [1.54, 1.807) is 6.92 Å². The van der Waals surface area contributed by atoms with Crippen molar-refractivity contribution in [3.8, 4) is 5.75 Å². The number of benzene rings is 1. The molecule has 7 heteroatoms. The van der Waals surface area contributed by atoms with Crippen LogP contribution in [0.25, 0.3) is 0 Å². The Morgan fingerprint density at radius 3 is 2.65 bits per heavy atom. The Kier molecular flexibility index (Phi) is 8.65. The van der Waals surface area contributed by atoms with Gasteiger partial charge in [-0.3, -0.25) is 8.98 Å². The van der Waals surface area contributed by atoms with E-state index in [1.165, 1.54) is 0 Å². The lowest BCUT2D eigenvalue weighted by atomic mass is 10.1. The van der Waals surface area contributed by atoms with Crippen LogP contribution in [-0.4, -0.2) is 40.5 Å². The third-order valence-electron chi connectivity index (χ3n) is 2.90. The van der Waals surface area contributed by atoms with E-state index < -0.39 is 10.1 Å². The van der Waals surface area contributed by atoms with Crippen LogP contribution in [0.1, 0.15) is 31.7 Å². The quantitative estimate of drug-likeness (QED) is 0.348. The lowest BCUT2D eigenvalue weighted by molar-refractivity contribution is -0.143. The molecule has 0 fully saturated rings. The molecule has 0 unspecified atom stereocenters. The molecule has 0 radical (unpaired) electrons. The van der Waals surface area contributed by atoms with Gasteiger partial charge in [0.25, 0.3) is 10.1 Å². The van der Waals surface area contributed by atoms with Crippen molar-refractivity contribution in [2.75, 3.05) is 26.1 Å². The van der Waals surface area contributed by atoms with Gasteiger partial charge >= 0.3 is 5.97 Å². The summed E-state index contributed by atoms with van der Waals surface area (Å²) in [4.78, 5) is 11.2. The smallest absolute Gasteiger partial charge is 0.305 e. The third-order valence-corrected chi connectivity index (χ3v) is 3.50. The van der Waals surface area contributed by atoms with Gasteiger partial charge in [-0.15, -0.1) is 0 Å². The van der Waals surface area contributed by atoms with Crippen LogP contribution in [-0.2, 0) is 30.3 Å². The highest BCUT2D eigenvalue weighted by Crippen LogP contribution is 2.15. The summed E-state index contributed by atoms with van der Waals surface area (Å²) in [5.41, 5.74) is 1.05. The summed E-state index contributed by atoms with van der Waals surface area (Å²) in [6.45, 7) is 2.79. The van der Waals surface area contributed by atoms with E-state index in [4.69, 9.17) is 13.7 Å². The van der Waals surface area contributed by atoms with Gasteiger partial charge < -0.3 is 9.47 Å². The molecule has 0 aromatic heterocycles. The van der Waals surface area contributed by atoms with Crippen molar-refractivity contribution >= 4 is 16.1 Å². The molecular formula is C16H24O6S. The van der Waals surface area contributed by atoms with E-state index in [1.807, 2.05) is 24.3 Å². The molecule has 0 saturated carbocycles. The zero-order valence-electron chi connectivity index (χ0n) is 13.6. The van der Waals surface area contributed by atoms with E-state index in [2.05, 4.69) is 0 Å². The number of aryl methyl sites for hydroxylation is 1. The van der Waals surface area contributed by atoms with Crippen molar-refractivity contribution in [2.24, 2.45) is 0 Å². The van der Waals surface area contributed by atoms with Crippen LogP contribution in [0.2, 0.25) is 0 Å². The first-order valence-corrected chi connectivity index (χ1v) is 9.44. The second kappa shape index (κ2) is 10.2. The fourth-order valence-electron chi connectivity index (χ4n) is 1.92. The first-order valence-electron chi connectivity index (χ1n) is 7.62. The first-order chi connectivity index (χ1) is 10.9. The van der Waals surface area contributed by atoms with Gasteiger partial charge in [-0.05, 0) is 43.9 Å². The molecule has 23 heavy (non-hydrogen) atoms. The molecule has 0 saturated heterocycles. The molecule has 0 atom stereocenters. The topological polar surface area (TPSA) is 78.9 Å². The number of hydrogen-bond acceptors (Lipinski definition) is 6. The van der Waals surface area contributed by atoms with Crippen LogP contribution in [0, 0.1) is 0 Å². The Balaban J connectivity index is 2.29. The zero-order chi connectivity index (χ0) is 17.1. The fourth-order valence-corrected chi connectivity index (χ4v) is 2.34. The molecule has 1 rings (SSSR count). The van der Waals surface area contributed by atoms with Crippen LogP contribution in [0.3, 0.4) is 0 Å². The van der Waals surface area contributed by atoms with Crippen molar-refractivity contribution in [1.29, 1.82) is 0 Å². The molecular weight excluding hydrogens is 320 g/mol. The number of hydrogen-bond donors (Lipinski definition) is 0. The van der Waals surface area contributed by atoms with Gasteiger partial charge in [0, 0.05) is 6.42 Å². The van der Waals surface area contributed by atoms with Crippen LogP contribution in [0.15, 0.2) is 24.3 Å². The van der Waals surface area contributed by atoms with Crippen molar-refractivity contribution in [3.63, 3.8) is 0 Å². The maximum Gasteiger partial charge on any atom is 0.305 e. The highest BCUT2D eigenvalue weighted by Gasteiger charge is 2.03. The lowest BCUT2D eigenvalue weighted by Gasteiger charge is -2.08. The predicted molar refractivity (Wildman–Crippen MR) is 86.9 cm³/mol. The maximum absolute atomic E-state index is 11.2. The maximum atomic E-state index is 11.2. The van der Waals surface area contributed by atoms with E-state index in [0.717, 1.165) is 17.6 Å². The highest BCUT2D eigenvalue weighted by atomic mass is 32.2. The Bertz CT molecular complexity index is 582. The predicted octanol–water partition coefficient (Wildman–Crippen LogP) is 2.32. The molecule has 6 nitrogen and oxygen atoms in total. The summed E-state index contributed by atoms with van der Waals surface area (Å²) >= 11 is 0. The Morgan fingerprint density at radius 1 is 1.17 bits per heavy atom. The number of ether oxygens (including phenoxy) is 2. The summed E-state index contributed by atoms with van der Waals surface area (Å²) in [6.07, 6.45) is 3.30. The van der Waals surface area contributed by atoms with Gasteiger partial charge in [-0.1, -0.05) is 12.1 Å². The van der Waals surface area contributed by atoms with Crippen molar-refractivity contribution in [1.82, 2.24) is 0 Å². The zero-order valence-corrected chi connectivity index (χ0v) is 14.4. The summed E-state index contributed by atoms with van der Waals surface area (Å²) < 4.78 is 36.9. The van der Waals surface area contributed by atoms with E-state index >= 15 is 0 Å². The molecule has 0 spiro atoms. The van der Waals surface area contributed by atoms with Crippen molar-refractivity contribution < 1.29 is 26.9 Å². The number of carbonyl (C=O) groups is 1. The molecule has 130 valence electrons. The van der Waals surface area contributed by atoms with E-state index in [-0.39, 0.29) is 12.6 Å². The second-order valence-corrected chi connectivity index (χ2v) is 6.68. The Labute approximate surface area is 137 Å². The summed E-state index contributed by atoms with van der Waals surface area (Å²) in [6, 6.07) is 7.59. The molecule has 0 heterocycles. The minimum atomic E-state index is -3.38. The SMILES string of the molecule is CCOC(=O)CCCOc1cccc(CCCOS(C)(=O)=O)c1. The molecule has 0 aliphatic carbocycles. The van der Waals surface area contributed by atoms with E-state index in [9.17, 15) is 13.2 Å². The summed E-state index contributed by atoms with van der Waals surface area (Å²) in [5.74, 6) is 0.520.